The van der Waals surface area contributed by atoms with E-state index in [1.807, 2.05) is 30.0 Å². The number of nitrogens with zero attached hydrogens (tertiary/aromatic N) is 1. The van der Waals surface area contributed by atoms with Crippen LogP contribution in [0.5, 0.6) is 0 Å². The largest absolute Gasteiger partial charge is 0.353 e. The fourth-order valence-corrected chi connectivity index (χ4v) is 4.13. The highest BCUT2D eigenvalue weighted by molar-refractivity contribution is 7.99. The second-order valence-electron chi connectivity index (χ2n) is 7.29. The third-order valence-electron chi connectivity index (χ3n) is 5.04. The van der Waals surface area contributed by atoms with Gasteiger partial charge in [-0.05, 0) is 69.6 Å². The fourth-order valence-electron chi connectivity index (χ4n) is 2.96. The quantitative estimate of drug-likeness (QED) is 0.522. The third kappa shape index (κ3) is 6.84. The highest BCUT2D eigenvalue weighted by atomic mass is 35.5. The molecule has 1 saturated heterocycles. The minimum absolute atomic E-state index is 0.190. The van der Waals surface area contributed by atoms with Crippen LogP contribution in [0.3, 0.4) is 0 Å². The maximum absolute atomic E-state index is 12.3. The maximum atomic E-state index is 12.3. The van der Waals surface area contributed by atoms with Gasteiger partial charge in [-0.15, -0.1) is 11.8 Å². The molecule has 0 radical (unpaired) electrons. The zero-order chi connectivity index (χ0) is 18.2. The van der Waals surface area contributed by atoms with Gasteiger partial charge in [0.25, 0.3) is 0 Å². The van der Waals surface area contributed by atoms with Gasteiger partial charge in [0.1, 0.15) is 0 Å². The van der Waals surface area contributed by atoms with Crippen molar-refractivity contribution in [2.75, 3.05) is 25.4 Å². The second-order valence-corrected chi connectivity index (χ2v) is 8.83. The Bertz CT molecular complexity index is 544. The van der Waals surface area contributed by atoms with Gasteiger partial charge >= 0.3 is 0 Å². The molecular formula is C20H31ClN2OS. The molecular weight excluding hydrogens is 352 g/mol. The number of benzene rings is 1. The Morgan fingerprint density at radius 1 is 1.28 bits per heavy atom. The van der Waals surface area contributed by atoms with Gasteiger partial charge in [-0.25, -0.2) is 0 Å². The predicted octanol–water partition coefficient (Wildman–Crippen LogP) is 4.69. The molecule has 0 saturated carbocycles. The summed E-state index contributed by atoms with van der Waals surface area (Å²) in [5.74, 6) is 2.00. The summed E-state index contributed by atoms with van der Waals surface area (Å²) in [6.07, 6.45) is 3.11. The van der Waals surface area contributed by atoms with Crippen molar-refractivity contribution in [1.29, 1.82) is 0 Å². The molecule has 0 aliphatic carbocycles. The number of rotatable bonds is 8. The SMILES string of the molecule is CC(C)C(C)NC(=O)C1CCN(CCCSc2ccccc2Cl)CC1. The van der Waals surface area contributed by atoms with Crippen LogP contribution < -0.4 is 5.32 Å². The molecule has 0 bridgehead atoms. The Morgan fingerprint density at radius 2 is 1.96 bits per heavy atom. The molecule has 0 aromatic heterocycles. The highest BCUT2D eigenvalue weighted by Crippen LogP contribution is 2.27. The lowest BCUT2D eigenvalue weighted by Crippen LogP contribution is -2.44. The van der Waals surface area contributed by atoms with Crippen LogP contribution in [-0.4, -0.2) is 42.2 Å². The summed E-state index contributed by atoms with van der Waals surface area (Å²) < 4.78 is 0. The molecule has 25 heavy (non-hydrogen) atoms. The first-order valence-corrected chi connectivity index (χ1v) is 10.7. The minimum atomic E-state index is 0.190. The number of likely N-dealkylation sites (tertiary alicyclic amines) is 1. The van der Waals surface area contributed by atoms with E-state index in [-0.39, 0.29) is 17.9 Å². The second kappa shape index (κ2) is 10.4. The van der Waals surface area contributed by atoms with Crippen LogP contribution >= 0.6 is 23.4 Å². The Hall–Kier alpha value is -0.710. The van der Waals surface area contributed by atoms with Crippen molar-refractivity contribution in [3.05, 3.63) is 29.3 Å². The first-order chi connectivity index (χ1) is 12.0. The zero-order valence-corrected chi connectivity index (χ0v) is 17.2. The predicted molar refractivity (Wildman–Crippen MR) is 108 cm³/mol. The summed E-state index contributed by atoms with van der Waals surface area (Å²) in [5.41, 5.74) is 0. The van der Waals surface area contributed by atoms with Gasteiger partial charge in [0.15, 0.2) is 0 Å². The van der Waals surface area contributed by atoms with Gasteiger partial charge in [-0.1, -0.05) is 37.6 Å². The first-order valence-electron chi connectivity index (χ1n) is 9.37. The Balaban J connectivity index is 1.62. The standard InChI is InChI=1S/C20H31ClN2OS/c1-15(2)16(3)22-20(24)17-9-12-23(13-10-17)11-6-14-25-19-8-5-4-7-18(19)21/h4-5,7-8,15-17H,6,9-14H2,1-3H3,(H,22,24). The lowest BCUT2D eigenvalue weighted by molar-refractivity contribution is -0.127. The van der Waals surface area contributed by atoms with Crippen molar-refractivity contribution in [2.24, 2.45) is 11.8 Å². The molecule has 1 unspecified atom stereocenters. The summed E-state index contributed by atoms with van der Waals surface area (Å²) in [6.45, 7) is 9.56. The average molecular weight is 383 g/mol. The number of nitrogens with one attached hydrogen (secondary N) is 1. The van der Waals surface area contributed by atoms with Crippen LogP contribution in [0, 0.1) is 11.8 Å². The smallest absolute Gasteiger partial charge is 0.223 e. The molecule has 1 amide bonds. The number of amides is 1. The van der Waals surface area contributed by atoms with Crippen LogP contribution in [0.25, 0.3) is 0 Å². The topological polar surface area (TPSA) is 32.3 Å². The summed E-state index contributed by atoms with van der Waals surface area (Å²) in [5, 5.41) is 4.01. The van der Waals surface area contributed by atoms with Crippen LogP contribution in [-0.2, 0) is 4.79 Å². The summed E-state index contributed by atoms with van der Waals surface area (Å²) in [6, 6.07) is 8.28. The minimum Gasteiger partial charge on any atom is -0.353 e. The summed E-state index contributed by atoms with van der Waals surface area (Å²) in [7, 11) is 0. The molecule has 5 heteroatoms. The van der Waals surface area contributed by atoms with Gasteiger partial charge in [-0.2, -0.15) is 0 Å². The molecule has 0 spiro atoms. The zero-order valence-electron chi connectivity index (χ0n) is 15.6. The lowest BCUT2D eigenvalue weighted by atomic mass is 9.95. The third-order valence-corrected chi connectivity index (χ3v) is 6.64. The average Bonchev–Trinajstić information content (AvgIpc) is 2.60. The molecule has 1 aromatic carbocycles. The van der Waals surface area contributed by atoms with Gasteiger partial charge in [-0.3, -0.25) is 4.79 Å². The lowest BCUT2D eigenvalue weighted by Gasteiger charge is -2.32. The van der Waals surface area contributed by atoms with E-state index in [0.29, 0.717) is 5.92 Å². The maximum Gasteiger partial charge on any atom is 0.223 e. The number of carbonyl (C=O) groups excluding carboxylic acids is 1. The molecule has 1 aliphatic rings. The summed E-state index contributed by atoms with van der Waals surface area (Å²) >= 11 is 8.01. The van der Waals surface area contributed by atoms with Gasteiger partial charge in [0.05, 0.1) is 5.02 Å². The number of thioether (sulfide) groups is 1. The highest BCUT2D eigenvalue weighted by Gasteiger charge is 2.25. The van der Waals surface area contributed by atoms with E-state index < -0.39 is 0 Å². The van der Waals surface area contributed by atoms with E-state index in [1.54, 1.807) is 0 Å². The van der Waals surface area contributed by atoms with Crippen LogP contribution in [0.1, 0.15) is 40.0 Å². The van der Waals surface area contributed by atoms with Crippen molar-refractivity contribution >= 4 is 29.3 Å². The molecule has 1 aliphatic heterocycles. The monoisotopic (exact) mass is 382 g/mol. The first kappa shape index (κ1) is 20.6. The molecule has 3 nitrogen and oxygen atoms in total. The Labute approximate surface area is 161 Å². The van der Waals surface area contributed by atoms with Crippen molar-refractivity contribution in [1.82, 2.24) is 10.2 Å². The van der Waals surface area contributed by atoms with Gasteiger partial charge in [0.2, 0.25) is 5.91 Å². The number of hydrogen-bond donors (Lipinski definition) is 1. The Morgan fingerprint density at radius 3 is 2.60 bits per heavy atom. The van der Waals surface area contributed by atoms with Crippen LogP contribution in [0.2, 0.25) is 5.02 Å². The van der Waals surface area contributed by atoms with E-state index in [9.17, 15) is 4.79 Å². The number of carbonyl (C=O) groups is 1. The van der Waals surface area contributed by atoms with E-state index in [4.69, 9.17) is 11.6 Å². The summed E-state index contributed by atoms with van der Waals surface area (Å²) in [4.78, 5) is 16.0. The van der Waals surface area contributed by atoms with Gasteiger partial charge < -0.3 is 10.2 Å². The molecule has 1 heterocycles. The van der Waals surface area contributed by atoms with Crippen molar-refractivity contribution < 1.29 is 4.79 Å². The van der Waals surface area contributed by atoms with E-state index >= 15 is 0 Å². The van der Waals surface area contributed by atoms with E-state index in [0.717, 1.165) is 49.7 Å². The Kier molecular flexibility index (Phi) is 8.60. The van der Waals surface area contributed by atoms with Crippen LogP contribution in [0.15, 0.2) is 29.2 Å². The molecule has 1 aromatic rings. The molecule has 1 fully saturated rings. The molecule has 1 atom stereocenters. The van der Waals surface area contributed by atoms with Crippen molar-refractivity contribution in [3.8, 4) is 0 Å². The fraction of sp³-hybridized carbons (Fsp3) is 0.650. The molecule has 2 rings (SSSR count). The molecule has 1 N–H and O–H groups in total. The van der Waals surface area contributed by atoms with E-state index in [2.05, 4.69) is 37.1 Å². The van der Waals surface area contributed by atoms with Crippen molar-refractivity contribution in [2.45, 2.75) is 51.0 Å². The number of hydrogen-bond acceptors (Lipinski definition) is 3. The number of halogens is 1. The normalized spacial score (nSPS) is 17.6. The number of piperidine rings is 1. The molecule has 140 valence electrons. The van der Waals surface area contributed by atoms with Crippen molar-refractivity contribution in [3.63, 3.8) is 0 Å². The van der Waals surface area contributed by atoms with E-state index in [1.165, 1.54) is 4.90 Å². The van der Waals surface area contributed by atoms with Crippen LogP contribution in [0.4, 0.5) is 0 Å². The van der Waals surface area contributed by atoms with Gasteiger partial charge in [0, 0.05) is 16.9 Å².